The zero-order chi connectivity index (χ0) is 7.98. The maximum atomic E-state index is 2.58. The maximum absolute atomic E-state index is 2.58. The van der Waals surface area contributed by atoms with Gasteiger partial charge < -0.3 is 0 Å². The lowest BCUT2D eigenvalue weighted by molar-refractivity contribution is 0.676. The fourth-order valence-corrected chi connectivity index (χ4v) is 2.14. The Labute approximate surface area is 91.8 Å². The predicted octanol–water partition coefficient (Wildman–Crippen LogP) is 4.19. The maximum Gasteiger partial charge on any atom is 0.0227 e. The van der Waals surface area contributed by atoms with Crippen LogP contribution in [-0.4, -0.2) is 7.85 Å². The van der Waals surface area contributed by atoms with Crippen molar-refractivity contribution >= 4 is 45.2 Å². The highest BCUT2D eigenvalue weighted by Crippen LogP contribution is 2.23. The van der Waals surface area contributed by atoms with Crippen molar-refractivity contribution in [3.05, 3.63) is 0 Å². The summed E-state index contributed by atoms with van der Waals surface area (Å²) in [7, 11) is 0. The van der Waals surface area contributed by atoms with E-state index >= 15 is 0 Å². The largest absolute Gasteiger partial charge is 0.0815 e. The van der Waals surface area contributed by atoms with Crippen LogP contribution in [0.3, 0.4) is 0 Å². The Bertz CT molecular complexity index is 73.7. The fourth-order valence-electron chi connectivity index (χ4n) is 0.836. The Morgan fingerprint density at radius 2 is 1.70 bits per heavy atom. The molecule has 0 nitrogen and oxygen atoms in total. The molecule has 0 aliphatic heterocycles. The van der Waals surface area contributed by atoms with Crippen molar-refractivity contribution in [2.24, 2.45) is 0 Å². The lowest BCUT2D eigenvalue weighted by Crippen LogP contribution is -2.11. The van der Waals surface area contributed by atoms with Crippen LogP contribution in [0.2, 0.25) is 0 Å². The van der Waals surface area contributed by atoms with E-state index in [1.165, 1.54) is 25.7 Å². The van der Waals surface area contributed by atoms with Gasteiger partial charge in [0, 0.05) is 7.85 Å². The van der Waals surface area contributed by atoms with E-state index in [1.54, 1.807) is 0 Å². The van der Waals surface area contributed by atoms with E-state index < -0.39 is 0 Å². The molecule has 0 spiro atoms. The van der Waals surface area contributed by atoms with Crippen LogP contribution < -0.4 is 0 Å². The van der Waals surface area contributed by atoms with Crippen LogP contribution in [0.4, 0.5) is 0 Å². The molecule has 10 heavy (non-hydrogen) atoms. The molecule has 2 unspecified atom stereocenters. The summed E-state index contributed by atoms with van der Waals surface area (Å²) in [5, 5.41) is 0. The van der Waals surface area contributed by atoms with Gasteiger partial charge in [-0.3, -0.25) is 0 Å². The lowest BCUT2D eigenvalue weighted by atomic mass is 10.1. The minimum absolute atomic E-state index is 0.879. The lowest BCUT2D eigenvalue weighted by Gasteiger charge is -2.13. The Kier molecular flexibility index (Phi) is 8.17. The minimum Gasteiger partial charge on any atom is -0.0815 e. The normalized spacial score (nSPS) is 16.8. The second kappa shape index (κ2) is 7.13. The van der Waals surface area contributed by atoms with E-state index in [4.69, 9.17) is 0 Å². The molecule has 0 bridgehead atoms. The average molecular weight is 366 g/mol. The third kappa shape index (κ3) is 5.16. The number of rotatable bonds is 5. The SMILES string of the molecule is CCCCC(I)C(I)CC. The van der Waals surface area contributed by atoms with Crippen molar-refractivity contribution in [2.75, 3.05) is 0 Å². The molecule has 0 radical (unpaired) electrons. The van der Waals surface area contributed by atoms with E-state index in [2.05, 4.69) is 59.0 Å². The Balaban J connectivity index is 3.31. The van der Waals surface area contributed by atoms with Crippen molar-refractivity contribution in [2.45, 2.75) is 47.4 Å². The third-order valence-electron chi connectivity index (χ3n) is 1.62. The summed E-state index contributed by atoms with van der Waals surface area (Å²) < 4.78 is 1.77. The highest BCUT2D eigenvalue weighted by molar-refractivity contribution is 14.1. The first-order valence-corrected chi connectivity index (χ1v) is 6.49. The van der Waals surface area contributed by atoms with Crippen LogP contribution in [0.5, 0.6) is 0 Å². The van der Waals surface area contributed by atoms with Gasteiger partial charge in [0.25, 0.3) is 0 Å². The standard InChI is InChI=1S/C8H16I2/c1-3-5-6-8(10)7(9)4-2/h7-8H,3-6H2,1-2H3. The third-order valence-corrected chi connectivity index (χ3v) is 6.23. The van der Waals surface area contributed by atoms with Gasteiger partial charge in [-0.2, -0.15) is 0 Å². The first kappa shape index (κ1) is 11.5. The van der Waals surface area contributed by atoms with Gasteiger partial charge in [-0.1, -0.05) is 71.9 Å². The molecular weight excluding hydrogens is 350 g/mol. The summed E-state index contributed by atoms with van der Waals surface area (Å²) in [6.45, 7) is 4.53. The first-order valence-electron chi connectivity index (χ1n) is 4.00. The van der Waals surface area contributed by atoms with Gasteiger partial charge in [0.15, 0.2) is 0 Å². The fraction of sp³-hybridized carbons (Fsp3) is 1.00. The minimum atomic E-state index is 0.879. The van der Waals surface area contributed by atoms with Gasteiger partial charge in [-0.05, 0) is 12.8 Å². The highest BCUT2D eigenvalue weighted by Gasteiger charge is 2.11. The molecule has 0 aromatic carbocycles. The molecule has 0 saturated heterocycles. The molecule has 2 heteroatoms. The summed E-state index contributed by atoms with van der Waals surface area (Å²) >= 11 is 5.15. The zero-order valence-electron chi connectivity index (χ0n) is 6.74. The van der Waals surface area contributed by atoms with Gasteiger partial charge in [0.2, 0.25) is 0 Å². The molecule has 62 valence electrons. The van der Waals surface area contributed by atoms with Gasteiger partial charge in [0.1, 0.15) is 0 Å². The van der Waals surface area contributed by atoms with E-state index in [9.17, 15) is 0 Å². The summed E-state index contributed by atoms with van der Waals surface area (Å²) in [6.07, 6.45) is 5.45. The first-order chi connectivity index (χ1) is 4.72. The highest BCUT2D eigenvalue weighted by atomic mass is 127. The summed E-state index contributed by atoms with van der Waals surface area (Å²) in [5.74, 6) is 0. The summed E-state index contributed by atoms with van der Waals surface area (Å²) in [6, 6.07) is 0. The molecular formula is C8H16I2. The quantitative estimate of drug-likeness (QED) is 0.506. The van der Waals surface area contributed by atoms with E-state index in [0.717, 1.165) is 7.85 Å². The van der Waals surface area contributed by atoms with Crippen LogP contribution >= 0.6 is 45.2 Å². The molecule has 0 aromatic rings. The van der Waals surface area contributed by atoms with E-state index in [-0.39, 0.29) is 0 Å². The second-order valence-electron chi connectivity index (χ2n) is 2.58. The molecule has 0 heterocycles. The van der Waals surface area contributed by atoms with Crippen LogP contribution in [0, 0.1) is 0 Å². The molecule has 0 rings (SSSR count). The zero-order valence-corrected chi connectivity index (χ0v) is 11.1. The van der Waals surface area contributed by atoms with Crippen LogP contribution in [0.1, 0.15) is 39.5 Å². The number of halogens is 2. The van der Waals surface area contributed by atoms with E-state index in [0.29, 0.717) is 0 Å². The van der Waals surface area contributed by atoms with Gasteiger partial charge in [0.05, 0.1) is 0 Å². The molecule has 0 aliphatic carbocycles. The number of hydrogen-bond acceptors (Lipinski definition) is 0. The van der Waals surface area contributed by atoms with Crippen LogP contribution in [0.25, 0.3) is 0 Å². The monoisotopic (exact) mass is 366 g/mol. The van der Waals surface area contributed by atoms with E-state index in [1.807, 2.05) is 0 Å². The molecule has 0 fully saturated rings. The van der Waals surface area contributed by atoms with Crippen LogP contribution in [-0.2, 0) is 0 Å². The Morgan fingerprint density at radius 1 is 1.10 bits per heavy atom. The van der Waals surface area contributed by atoms with Crippen LogP contribution in [0.15, 0.2) is 0 Å². The molecule has 2 atom stereocenters. The topological polar surface area (TPSA) is 0 Å². The van der Waals surface area contributed by atoms with Gasteiger partial charge in [-0.25, -0.2) is 0 Å². The predicted molar refractivity (Wildman–Crippen MR) is 65.4 cm³/mol. The van der Waals surface area contributed by atoms with Crippen molar-refractivity contribution in [1.29, 1.82) is 0 Å². The molecule has 0 saturated carbocycles. The van der Waals surface area contributed by atoms with Gasteiger partial charge >= 0.3 is 0 Å². The summed E-state index contributed by atoms with van der Waals surface area (Å²) in [4.78, 5) is 0. The van der Waals surface area contributed by atoms with Crippen molar-refractivity contribution in [1.82, 2.24) is 0 Å². The average Bonchev–Trinajstić information content (AvgIpc) is 1.98. The summed E-state index contributed by atoms with van der Waals surface area (Å²) in [5.41, 5.74) is 0. The smallest absolute Gasteiger partial charge is 0.0227 e. The molecule has 0 aliphatic rings. The number of hydrogen-bond donors (Lipinski definition) is 0. The molecule has 0 amide bonds. The number of alkyl halides is 2. The van der Waals surface area contributed by atoms with Crippen molar-refractivity contribution in [3.8, 4) is 0 Å². The second-order valence-corrected chi connectivity index (χ2v) is 5.78. The van der Waals surface area contributed by atoms with Crippen molar-refractivity contribution < 1.29 is 0 Å². The van der Waals surface area contributed by atoms with Gasteiger partial charge in [-0.15, -0.1) is 0 Å². The Hall–Kier alpha value is 1.46. The molecule has 0 N–H and O–H groups in total. The Morgan fingerprint density at radius 3 is 2.10 bits per heavy atom. The number of unbranched alkanes of at least 4 members (excludes halogenated alkanes) is 1. The molecule has 0 aromatic heterocycles. The van der Waals surface area contributed by atoms with Crippen molar-refractivity contribution in [3.63, 3.8) is 0 Å².